The van der Waals surface area contributed by atoms with Crippen LogP contribution in [0, 0.1) is 0 Å². The number of rotatable bonds is 4. The molecule has 0 atom stereocenters. The van der Waals surface area contributed by atoms with Gasteiger partial charge in [-0.15, -0.1) is 0 Å². The number of hydrogen-bond donors (Lipinski definition) is 0. The summed E-state index contributed by atoms with van der Waals surface area (Å²) in [5.41, 5.74) is 11.5. The highest BCUT2D eigenvalue weighted by Gasteiger charge is 2.47. The second-order valence-corrected chi connectivity index (χ2v) is 11.8. The average molecular weight is 567 g/mol. The summed E-state index contributed by atoms with van der Waals surface area (Å²) < 4.78 is 2.43. The number of benzene rings is 5. The van der Waals surface area contributed by atoms with E-state index in [0.29, 0.717) is 0 Å². The first kappa shape index (κ1) is 24.9. The van der Waals surface area contributed by atoms with E-state index >= 15 is 0 Å². The lowest BCUT2D eigenvalue weighted by Gasteiger charge is -2.32. The third-order valence-corrected chi connectivity index (χ3v) is 9.40. The fraction of sp³-hybridized carbons (Fsp3) is 0.0750. The first-order valence-electron chi connectivity index (χ1n) is 15.1. The molecule has 3 heterocycles. The lowest BCUT2D eigenvalue weighted by atomic mass is 9.69. The lowest BCUT2D eigenvalue weighted by molar-refractivity contribution is 0.496. The molecule has 0 N–H and O–H groups in total. The Kier molecular flexibility index (Phi) is 5.36. The Morgan fingerprint density at radius 3 is 2.05 bits per heavy atom. The SMILES string of the molecule is CN1C=CN(c2cccc(-n3c4ccccc4c4ccc(C5(c6ccccn6)c6ccccc6-c6ccccc65)cc43)c2)C1. The van der Waals surface area contributed by atoms with Gasteiger partial charge in [-0.1, -0.05) is 91.0 Å². The van der Waals surface area contributed by atoms with Crippen LogP contribution in [0.5, 0.6) is 0 Å². The monoisotopic (exact) mass is 566 g/mol. The molecule has 5 aromatic carbocycles. The molecule has 44 heavy (non-hydrogen) atoms. The third kappa shape index (κ3) is 3.42. The summed E-state index contributed by atoms with van der Waals surface area (Å²) in [7, 11) is 2.10. The number of nitrogens with zero attached hydrogens (tertiary/aromatic N) is 4. The van der Waals surface area contributed by atoms with Gasteiger partial charge in [0.1, 0.15) is 0 Å². The highest BCUT2D eigenvalue weighted by Crippen LogP contribution is 2.56. The quantitative estimate of drug-likeness (QED) is 0.213. The molecule has 0 bridgehead atoms. The number of aromatic nitrogens is 2. The van der Waals surface area contributed by atoms with Crippen LogP contribution in [0.4, 0.5) is 5.69 Å². The highest BCUT2D eigenvalue weighted by atomic mass is 15.3. The van der Waals surface area contributed by atoms with Crippen LogP contribution in [0.1, 0.15) is 22.4 Å². The lowest BCUT2D eigenvalue weighted by Crippen LogP contribution is -2.29. The Balaban J connectivity index is 1.36. The molecule has 0 fully saturated rings. The maximum absolute atomic E-state index is 5.05. The molecular formula is C40H30N4. The summed E-state index contributed by atoms with van der Waals surface area (Å²) in [6.07, 6.45) is 6.19. The zero-order valence-corrected chi connectivity index (χ0v) is 24.4. The van der Waals surface area contributed by atoms with Crippen LogP contribution in [-0.2, 0) is 5.41 Å². The van der Waals surface area contributed by atoms with Crippen LogP contribution in [0.2, 0.25) is 0 Å². The molecular weight excluding hydrogens is 536 g/mol. The van der Waals surface area contributed by atoms with Gasteiger partial charge in [-0.05, 0) is 70.3 Å². The molecule has 0 saturated heterocycles. The predicted molar refractivity (Wildman–Crippen MR) is 180 cm³/mol. The molecule has 2 aromatic heterocycles. The van der Waals surface area contributed by atoms with E-state index in [2.05, 4.69) is 161 Å². The maximum Gasteiger partial charge on any atom is 0.0938 e. The second-order valence-electron chi connectivity index (χ2n) is 11.8. The minimum atomic E-state index is -0.545. The molecule has 0 radical (unpaired) electrons. The van der Waals surface area contributed by atoms with Crippen molar-refractivity contribution in [2.45, 2.75) is 5.41 Å². The van der Waals surface area contributed by atoms with Gasteiger partial charge >= 0.3 is 0 Å². The van der Waals surface area contributed by atoms with E-state index in [9.17, 15) is 0 Å². The van der Waals surface area contributed by atoms with Gasteiger partial charge in [0.05, 0.1) is 28.8 Å². The molecule has 2 aliphatic rings. The van der Waals surface area contributed by atoms with Crippen molar-refractivity contribution in [2.24, 2.45) is 0 Å². The minimum absolute atomic E-state index is 0.545. The zero-order valence-electron chi connectivity index (χ0n) is 24.4. The highest BCUT2D eigenvalue weighted by molar-refractivity contribution is 6.09. The smallest absolute Gasteiger partial charge is 0.0938 e. The third-order valence-electron chi connectivity index (χ3n) is 9.40. The van der Waals surface area contributed by atoms with Gasteiger partial charge in [0.15, 0.2) is 0 Å². The molecule has 0 amide bonds. The summed E-state index contributed by atoms with van der Waals surface area (Å²) in [6, 6.07) is 48.7. The van der Waals surface area contributed by atoms with Gasteiger partial charge in [-0.25, -0.2) is 0 Å². The van der Waals surface area contributed by atoms with Crippen LogP contribution in [0.15, 0.2) is 152 Å². The molecule has 9 rings (SSSR count). The Hall–Kier alpha value is -5.61. The van der Waals surface area contributed by atoms with Gasteiger partial charge in [-0.3, -0.25) is 4.98 Å². The van der Waals surface area contributed by atoms with Crippen molar-refractivity contribution in [2.75, 3.05) is 18.6 Å². The van der Waals surface area contributed by atoms with E-state index in [1.165, 1.54) is 55.3 Å². The first-order valence-corrected chi connectivity index (χ1v) is 15.1. The van der Waals surface area contributed by atoms with Gasteiger partial charge in [0.25, 0.3) is 0 Å². The van der Waals surface area contributed by atoms with Crippen molar-refractivity contribution in [1.82, 2.24) is 14.5 Å². The number of fused-ring (bicyclic) bond motifs is 6. The fourth-order valence-electron chi connectivity index (χ4n) is 7.54. The van der Waals surface area contributed by atoms with Crippen molar-refractivity contribution >= 4 is 27.5 Å². The Morgan fingerprint density at radius 2 is 1.30 bits per heavy atom. The molecule has 7 aromatic rings. The average Bonchev–Trinajstić information content (AvgIpc) is 3.76. The summed E-state index contributed by atoms with van der Waals surface area (Å²) in [5, 5.41) is 2.49. The van der Waals surface area contributed by atoms with Gasteiger partial charge in [0.2, 0.25) is 0 Å². The minimum Gasteiger partial charge on any atom is -0.361 e. The number of pyridine rings is 1. The normalized spacial score (nSPS) is 14.8. The van der Waals surface area contributed by atoms with Crippen LogP contribution in [-0.4, -0.2) is 28.2 Å². The first-order chi connectivity index (χ1) is 21.7. The summed E-state index contributed by atoms with van der Waals surface area (Å²) >= 11 is 0. The summed E-state index contributed by atoms with van der Waals surface area (Å²) in [6.45, 7) is 0.839. The van der Waals surface area contributed by atoms with Gasteiger partial charge < -0.3 is 14.4 Å². The van der Waals surface area contributed by atoms with Crippen molar-refractivity contribution in [3.05, 3.63) is 174 Å². The predicted octanol–water partition coefficient (Wildman–Crippen LogP) is 8.72. The van der Waals surface area contributed by atoms with Crippen LogP contribution < -0.4 is 4.90 Å². The molecule has 1 aliphatic heterocycles. The van der Waals surface area contributed by atoms with Crippen molar-refractivity contribution in [3.63, 3.8) is 0 Å². The number of hydrogen-bond acceptors (Lipinski definition) is 3. The van der Waals surface area contributed by atoms with Crippen molar-refractivity contribution in [1.29, 1.82) is 0 Å². The van der Waals surface area contributed by atoms with Gasteiger partial charge in [-0.2, -0.15) is 0 Å². The van der Waals surface area contributed by atoms with E-state index in [1.54, 1.807) is 0 Å². The Labute approximate surface area is 256 Å². The number of anilines is 1. The maximum atomic E-state index is 5.05. The fourth-order valence-corrected chi connectivity index (χ4v) is 7.54. The van der Waals surface area contributed by atoms with Crippen LogP contribution >= 0.6 is 0 Å². The molecule has 1 aliphatic carbocycles. The van der Waals surface area contributed by atoms with Crippen molar-refractivity contribution in [3.8, 4) is 16.8 Å². The zero-order chi connectivity index (χ0) is 29.3. The standard InChI is InChI=1S/C40H30N4/c1-42-23-24-43(27-42)29-11-10-12-30(26-29)44-37-18-7-4-15-33(37)34-21-20-28(25-38(34)44)40(39-19-8-9-22-41-39)35-16-5-2-13-31(35)32-14-3-6-17-36(32)40/h2-26H,27H2,1H3. The molecule has 4 heteroatoms. The van der Waals surface area contributed by atoms with E-state index in [0.717, 1.165) is 18.1 Å². The Bertz CT molecular complexity index is 2200. The topological polar surface area (TPSA) is 24.3 Å². The van der Waals surface area contributed by atoms with Crippen LogP contribution in [0.25, 0.3) is 38.6 Å². The molecule has 0 saturated carbocycles. The summed E-state index contributed by atoms with van der Waals surface area (Å²) in [5.74, 6) is 0. The Morgan fingerprint density at radius 1 is 0.591 bits per heavy atom. The van der Waals surface area contributed by atoms with Crippen molar-refractivity contribution < 1.29 is 0 Å². The van der Waals surface area contributed by atoms with E-state index in [-0.39, 0.29) is 0 Å². The molecule has 0 spiro atoms. The van der Waals surface area contributed by atoms with E-state index < -0.39 is 5.41 Å². The van der Waals surface area contributed by atoms with E-state index in [4.69, 9.17) is 4.98 Å². The van der Waals surface area contributed by atoms with Crippen LogP contribution in [0.3, 0.4) is 0 Å². The molecule has 210 valence electrons. The largest absolute Gasteiger partial charge is 0.361 e. The number of para-hydroxylation sites is 1. The molecule has 0 unspecified atom stereocenters. The molecule has 4 nitrogen and oxygen atoms in total. The van der Waals surface area contributed by atoms with E-state index in [1.807, 2.05) is 12.3 Å². The van der Waals surface area contributed by atoms with Gasteiger partial charge in [0, 0.05) is 47.8 Å². The second kappa shape index (κ2) is 9.45. The summed E-state index contributed by atoms with van der Waals surface area (Å²) in [4.78, 5) is 9.52.